The number of carbonyl (C=O) groups excluding carboxylic acids is 1. The quantitative estimate of drug-likeness (QED) is 0.0635. The molecule has 0 bridgehead atoms. The summed E-state index contributed by atoms with van der Waals surface area (Å²) in [7, 11) is 0. The molecule has 5 atom stereocenters. The molecular formula is C23H44ClN3O8. The Labute approximate surface area is 212 Å². The molecule has 35 heavy (non-hydrogen) atoms. The predicted octanol–water partition coefficient (Wildman–Crippen LogP) is 2.45. The number of aliphatic hydroxyl groups is 5. The van der Waals surface area contributed by atoms with E-state index in [4.69, 9.17) is 16.3 Å². The van der Waals surface area contributed by atoms with Crippen LogP contribution in [0.3, 0.4) is 0 Å². The Morgan fingerprint density at radius 1 is 0.971 bits per heavy atom. The van der Waals surface area contributed by atoms with E-state index in [2.05, 4.69) is 12.2 Å². The maximum Gasteiger partial charge on any atom is 0.345 e. The first-order chi connectivity index (χ1) is 16.7. The van der Waals surface area contributed by atoms with E-state index < -0.39 is 42.5 Å². The van der Waals surface area contributed by atoms with Crippen LogP contribution in [0.1, 0.15) is 84.5 Å². The van der Waals surface area contributed by atoms with Gasteiger partial charge in [0.15, 0.2) is 0 Å². The molecule has 1 heterocycles. The summed E-state index contributed by atoms with van der Waals surface area (Å²) >= 11 is 5.69. The van der Waals surface area contributed by atoms with Crippen molar-refractivity contribution in [3.63, 3.8) is 0 Å². The number of rotatable bonds is 17. The maximum absolute atomic E-state index is 13.3. The Morgan fingerprint density at radius 2 is 1.54 bits per heavy atom. The van der Waals surface area contributed by atoms with Crippen LogP contribution in [0.25, 0.3) is 0 Å². The van der Waals surface area contributed by atoms with Gasteiger partial charge >= 0.3 is 6.03 Å². The van der Waals surface area contributed by atoms with E-state index in [1.807, 2.05) is 6.92 Å². The fourth-order valence-electron chi connectivity index (χ4n) is 4.46. The zero-order valence-electron chi connectivity index (χ0n) is 21.0. The summed E-state index contributed by atoms with van der Waals surface area (Å²) in [6.45, 7) is 2.83. The van der Waals surface area contributed by atoms with Gasteiger partial charge in [0, 0.05) is 18.8 Å². The first-order valence-corrected chi connectivity index (χ1v) is 13.3. The number of nitroso groups, excluding NO2 is 1. The number of amides is 2. The first kappa shape index (κ1) is 31.9. The van der Waals surface area contributed by atoms with Gasteiger partial charge in [0.1, 0.15) is 18.3 Å². The summed E-state index contributed by atoms with van der Waals surface area (Å²) < 4.78 is 5.51. The van der Waals surface area contributed by atoms with Gasteiger partial charge < -0.3 is 30.3 Å². The molecule has 0 aromatic rings. The number of halogens is 1. The lowest BCUT2D eigenvalue weighted by Gasteiger charge is -2.57. The number of aliphatic hydroxyl groups excluding tert-OH is 3. The van der Waals surface area contributed by atoms with Gasteiger partial charge in [-0.05, 0) is 12.8 Å². The molecule has 1 rings (SSSR count). The Bertz CT molecular complexity index is 634. The van der Waals surface area contributed by atoms with Gasteiger partial charge in [-0.25, -0.2) is 4.79 Å². The molecule has 1 aliphatic rings. The Hall–Kier alpha value is -1.08. The van der Waals surface area contributed by atoms with Crippen LogP contribution in [0.15, 0.2) is 5.29 Å². The number of hydrogen-bond donors (Lipinski definition) is 5. The second-order valence-electron chi connectivity index (χ2n) is 9.19. The van der Waals surface area contributed by atoms with Gasteiger partial charge in [-0.15, -0.1) is 16.5 Å². The third kappa shape index (κ3) is 7.95. The first-order valence-electron chi connectivity index (χ1n) is 12.8. The van der Waals surface area contributed by atoms with Crippen molar-refractivity contribution in [2.45, 2.75) is 114 Å². The van der Waals surface area contributed by atoms with Crippen molar-refractivity contribution in [3.05, 3.63) is 4.91 Å². The number of unbranched alkanes of at least 4 members (excludes halogenated alkanes) is 8. The van der Waals surface area contributed by atoms with Gasteiger partial charge in [0.05, 0.1) is 18.4 Å². The molecular weight excluding hydrogens is 482 g/mol. The molecule has 11 nitrogen and oxygen atoms in total. The normalized spacial score (nSPS) is 28.6. The van der Waals surface area contributed by atoms with E-state index in [9.17, 15) is 35.2 Å². The Balaban J connectivity index is 3.23. The molecule has 1 aliphatic heterocycles. The second-order valence-corrected chi connectivity index (χ2v) is 9.57. The fourth-order valence-corrected chi connectivity index (χ4v) is 4.62. The molecule has 0 unspecified atom stereocenters. The van der Waals surface area contributed by atoms with Crippen molar-refractivity contribution in [2.24, 2.45) is 5.29 Å². The molecule has 206 valence electrons. The van der Waals surface area contributed by atoms with E-state index in [-0.39, 0.29) is 25.4 Å². The van der Waals surface area contributed by atoms with Crippen LogP contribution >= 0.6 is 11.6 Å². The minimum Gasteiger partial charge on any atom is -0.394 e. The lowest BCUT2D eigenvalue weighted by atomic mass is 9.82. The molecule has 1 saturated heterocycles. The molecule has 0 aromatic carbocycles. The van der Waals surface area contributed by atoms with Crippen LogP contribution in [-0.2, 0) is 4.74 Å². The van der Waals surface area contributed by atoms with E-state index in [0.29, 0.717) is 30.7 Å². The van der Waals surface area contributed by atoms with E-state index >= 15 is 0 Å². The average Bonchev–Trinajstić information content (AvgIpc) is 2.85. The second kappa shape index (κ2) is 15.9. The smallest absolute Gasteiger partial charge is 0.345 e. The molecule has 2 amide bonds. The summed E-state index contributed by atoms with van der Waals surface area (Å²) in [5.74, 6) is -2.64. The van der Waals surface area contributed by atoms with Crippen LogP contribution < -0.4 is 0 Å². The van der Waals surface area contributed by atoms with Crippen LogP contribution in [-0.4, -0.2) is 96.9 Å². The van der Waals surface area contributed by atoms with Crippen molar-refractivity contribution >= 4 is 17.6 Å². The van der Waals surface area contributed by atoms with Crippen LogP contribution in [0.2, 0.25) is 0 Å². The van der Waals surface area contributed by atoms with Crippen LogP contribution in [0.5, 0.6) is 0 Å². The Kier molecular flexibility index (Phi) is 14.5. The zero-order valence-corrected chi connectivity index (χ0v) is 21.8. The number of ether oxygens (including phenoxy) is 1. The third-order valence-electron chi connectivity index (χ3n) is 6.58. The van der Waals surface area contributed by atoms with Gasteiger partial charge in [-0.3, -0.25) is 4.90 Å². The highest BCUT2D eigenvalue weighted by Crippen LogP contribution is 2.43. The third-order valence-corrected chi connectivity index (χ3v) is 6.75. The van der Waals surface area contributed by atoms with E-state index in [0.717, 1.165) is 37.0 Å². The average molecular weight is 526 g/mol. The Morgan fingerprint density at radius 3 is 2.06 bits per heavy atom. The molecule has 0 spiro atoms. The van der Waals surface area contributed by atoms with E-state index in [1.54, 1.807) is 0 Å². The van der Waals surface area contributed by atoms with Gasteiger partial charge in [0.2, 0.25) is 11.5 Å². The highest BCUT2D eigenvalue weighted by atomic mass is 35.5. The molecule has 1 fully saturated rings. The highest BCUT2D eigenvalue weighted by molar-refractivity contribution is 6.18. The number of urea groups is 1. The lowest BCUT2D eigenvalue weighted by molar-refractivity contribution is -0.420. The van der Waals surface area contributed by atoms with Gasteiger partial charge in [-0.2, -0.15) is 5.01 Å². The molecule has 0 aromatic heterocycles. The van der Waals surface area contributed by atoms with Crippen LogP contribution in [0, 0.1) is 4.91 Å². The van der Waals surface area contributed by atoms with Crippen molar-refractivity contribution in [3.8, 4) is 0 Å². The predicted molar refractivity (Wildman–Crippen MR) is 131 cm³/mol. The summed E-state index contributed by atoms with van der Waals surface area (Å²) in [4.78, 5) is 25.4. The van der Waals surface area contributed by atoms with Gasteiger partial charge in [0.25, 0.3) is 0 Å². The van der Waals surface area contributed by atoms with Crippen molar-refractivity contribution < 1.29 is 35.1 Å². The van der Waals surface area contributed by atoms with E-state index in [1.165, 1.54) is 6.42 Å². The summed E-state index contributed by atoms with van der Waals surface area (Å²) in [5, 5.41) is 57.4. The number of alkyl halides is 1. The topological polar surface area (TPSA) is 163 Å². The monoisotopic (exact) mass is 525 g/mol. The summed E-state index contributed by atoms with van der Waals surface area (Å²) in [6.07, 6.45) is 2.98. The molecule has 12 heteroatoms. The minimum atomic E-state index is -2.82. The lowest BCUT2D eigenvalue weighted by Crippen LogP contribution is -2.80. The standard InChI is InChI=1S/C23H44ClN3O8/c1-3-5-7-8-9-10-11-12-15-26(21(31)27(25-34)16-14-24)23(33)20(30)19(29)18(17-28)35-22(23,32)13-6-4-2/h18-20,28-30,32-33H,3-17H2,1-2H3/t18-,19-,20+,22+,23-/m1/s1. The van der Waals surface area contributed by atoms with Crippen molar-refractivity contribution in [1.29, 1.82) is 0 Å². The highest BCUT2D eigenvalue weighted by Gasteiger charge is 2.67. The SMILES string of the molecule is CCCCCCCCCCN(C(=O)N(CCCl)N=O)[C@@]1(O)[C@@H](O)[C@H](O)[C@@H](CO)O[C@@]1(O)CCCC. The number of hydrogen-bond acceptors (Lipinski definition) is 9. The molecule has 0 aliphatic carbocycles. The van der Waals surface area contributed by atoms with Gasteiger partial charge in [-0.1, -0.05) is 65.2 Å². The molecule has 0 saturated carbocycles. The maximum atomic E-state index is 13.3. The summed E-state index contributed by atoms with van der Waals surface area (Å²) in [5.41, 5.74) is -2.82. The largest absolute Gasteiger partial charge is 0.394 e. The fraction of sp³-hybridized carbons (Fsp3) is 0.957. The summed E-state index contributed by atoms with van der Waals surface area (Å²) in [6, 6.07) is -1.08. The minimum absolute atomic E-state index is 0.115. The van der Waals surface area contributed by atoms with Crippen molar-refractivity contribution in [2.75, 3.05) is 25.6 Å². The number of carbonyl (C=O) groups is 1. The molecule has 0 radical (unpaired) electrons. The number of nitrogens with zero attached hydrogens (tertiary/aromatic N) is 3. The van der Waals surface area contributed by atoms with Crippen LogP contribution in [0.4, 0.5) is 4.79 Å². The van der Waals surface area contributed by atoms with Crippen molar-refractivity contribution in [1.82, 2.24) is 9.91 Å². The zero-order chi connectivity index (χ0) is 26.5. The molecule has 5 N–H and O–H groups in total.